The number of ether oxygens (including phenoxy) is 2. The van der Waals surface area contributed by atoms with E-state index in [1.807, 2.05) is 31.2 Å². The van der Waals surface area contributed by atoms with Gasteiger partial charge in [-0.05, 0) is 19.1 Å². The zero-order valence-electron chi connectivity index (χ0n) is 12.7. The summed E-state index contributed by atoms with van der Waals surface area (Å²) in [6, 6.07) is 7.38. The van der Waals surface area contributed by atoms with Gasteiger partial charge < -0.3 is 14.4 Å². The fourth-order valence-electron chi connectivity index (χ4n) is 2.82. The van der Waals surface area contributed by atoms with E-state index in [0.717, 1.165) is 0 Å². The Hall–Kier alpha value is -2.08. The second-order valence-electron chi connectivity index (χ2n) is 5.56. The summed E-state index contributed by atoms with van der Waals surface area (Å²) < 4.78 is 10.9. The molecule has 2 heterocycles. The van der Waals surface area contributed by atoms with Gasteiger partial charge >= 0.3 is 0 Å². The van der Waals surface area contributed by atoms with Crippen molar-refractivity contribution in [2.45, 2.75) is 19.4 Å². The van der Waals surface area contributed by atoms with Gasteiger partial charge in [-0.2, -0.15) is 0 Å². The molecule has 1 aromatic carbocycles. The monoisotopic (exact) mass is 304 g/mol. The third-order valence-electron chi connectivity index (χ3n) is 4.01. The van der Waals surface area contributed by atoms with Crippen LogP contribution in [-0.2, 0) is 14.3 Å². The molecule has 0 aliphatic carbocycles. The lowest BCUT2D eigenvalue weighted by Gasteiger charge is -2.34. The maximum absolute atomic E-state index is 12.6. The highest BCUT2D eigenvalue weighted by atomic mass is 16.5. The molecule has 0 aromatic heterocycles. The molecule has 0 radical (unpaired) electrons. The molecule has 2 aliphatic rings. The van der Waals surface area contributed by atoms with Crippen LogP contribution in [0.15, 0.2) is 24.3 Å². The highest BCUT2D eigenvalue weighted by molar-refractivity contribution is 6.00. The van der Waals surface area contributed by atoms with E-state index in [1.165, 1.54) is 4.90 Å². The molecule has 2 amide bonds. The maximum atomic E-state index is 12.6. The molecule has 22 heavy (non-hydrogen) atoms. The molecular weight excluding hydrogens is 284 g/mol. The number of carbonyl (C=O) groups excluding carboxylic acids is 2. The number of benzene rings is 1. The number of fused-ring (bicyclic) bond motifs is 1. The minimum atomic E-state index is -0.0841. The van der Waals surface area contributed by atoms with E-state index >= 15 is 0 Å². The molecule has 0 unspecified atom stereocenters. The van der Waals surface area contributed by atoms with Crippen molar-refractivity contribution in [3.8, 4) is 5.75 Å². The van der Waals surface area contributed by atoms with Crippen LogP contribution in [0.3, 0.4) is 0 Å². The first-order valence-corrected chi connectivity index (χ1v) is 7.56. The molecule has 3 rings (SSSR count). The van der Waals surface area contributed by atoms with Gasteiger partial charge in [0.15, 0.2) is 0 Å². The SMILES string of the molecule is C[C@H]1COCCN1C(=O)CN1C(=O)CCOc2ccccc21. The zero-order chi connectivity index (χ0) is 15.5. The lowest BCUT2D eigenvalue weighted by molar-refractivity contribution is -0.138. The van der Waals surface area contributed by atoms with E-state index in [1.54, 1.807) is 4.90 Å². The lowest BCUT2D eigenvalue weighted by Crippen LogP contribution is -2.51. The number of hydrogen-bond donors (Lipinski definition) is 0. The minimum Gasteiger partial charge on any atom is -0.491 e. The fourth-order valence-corrected chi connectivity index (χ4v) is 2.82. The van der Waals surface area contributed by atoms with E-state index in [2.05, 4.69) is 0 Å². The first kappa shape index (κ1) is 14.8. The molecule has 0 spiro atoms. The van der Waals surface area contributed by atoms with Crippen LogP contribution in [-0.4, -0.2) is 55.7 Å². The molecule has 0 bridgehead atoms. The number of hydrogen-bond acceptors (Lipinski definition) is 4. The molecule has 0 saturated carbocycles. The quantitative estimate of drug-likeness (QED) is 0.819. The van der Waals surface area contributed by atoms with Gasteiger partial charge in [0.1, 0.15) is 12.3 Å². The first-order chi connectivity index (χ1) is 10.7. The summed E-state index contributed by atoms with van der Waals surface area (Å²) in [7, 11) is 0. The van der Waals surface area contributed by atoms with Crippen molar-refractivity contribution in [1.29, 1.82) is 0 Å². The second kappa shape index (κ2) is 6.36. The predicted octanol–water partition coefficient (Wildman–Crippen LogP) is 1.05. The molecular formula is C16H20N2O4. The van der Waals surface area contributed by atoms with E-state index in [0.29, 0.717) is 37.8 Å². The van der Waals surface area contributed by atoms with Crippen LogP contribution in [0.5, 0.6) is 5.75 Å². The van der Waals surface area contributed by atoms with Crippen LogP contribution >= 0.6 is 0 Å². The Balaban J connectivity index is 1.80. The summed E-state index contributed by atoms with van der Waals surface area (Å²) in [5.41, 5.74) is 0.666. The molecule has 1 atom stereocenters. The molecule has 1 aromatic rings. The highest BCUT2D eigenvalue weighted by Crippen LogP contribution is 2.31. The van der Waals surface area contributed by atoms with Crippen molar-refractivity contribution in [2.75, 3.05) is 37.8 Å². The third-order valence-corrected chi connectivity index (χ3v) is 4.01. The number of carbonyl (C=O) groups is 2. The Morgan fingerprint density at radius 3 is 2.95 bits per heavy atom. The van der Waals surface area contributed by atoms with Gasteiger partial charge in [0.25, 0.3) is 0 Å². The van der Waals surface area contributed by atoms with Gasteiger partial charge in [-0.25, -0.2) is 0 Å². The van der Waals surface area contributed by atoms with Crippen molar-refractivity contribution < 1.29 is 19.1 Å². The number of amides is 2. The minimum absolute atomic E-state index is 0.0369. The van der Waals surface area contributed by atoms with Crippen molar-refractivity contribution in [2.24, 2.45) is 0 Å². The number of anilines is 1. The van der Waals surface area contributed by atoms with Crippen LogP contribution in [0.2, 0.25) is 0 Å². The second-order valence-corrected chi connectivity index (χ2v) is 5.56. The summed E-state index contributed by atoms with van der Waals surface area (Å²) in [5, 5.41) is 0. The molecule has 118 valence electrons. The van der Waals surface area contributed by atoms with E-state index < -0.39 is 0 Å². The van der Waals surface area contributed by atoms with Gasteiger partial charge in [-0.3, -0.25) is 14.5 Å². The summed E-state index contributed by atoms with van der Waals surface area (Å²) >= 11 is 0. The maximum Gasteiger partial charge on any atom is 0.243 e. The van der Waals surface area contributed by atoms with Crippen molar-refractivity contribution >= 4 is 17.5 Å². The molecule has 6 nitrogen and oxygen atoms in total. The normalized spacial score (nSPS) is 21.9. The van der Waals surface area contributed by atoms with Crippen molar-refractivity contribution in [1.82, 2.24) is 4.90 Å². The Kier molecular flexibility index (Phi) is 4.29. The number of nitrogens with zero attached hydrogens (tertiary/aromatic N) is 2. The molecule has 1 saturated heterocycles. The summed E-state index contributed by atoms with van der Waals surface area (Å²) in [6.45, 7) is 4.00. The van der Waals surface area contributed by atoms with Gasteiger partial charge in [0.05, 0.1) is 38.0 Å². The van der Waals surface area contributed by atoms with Gasteiger partial charge in [-0.15, -0.1) is 0 Å². The van der Waals surface area contributed by atoms with Gasteiger partial charge in [0, 0.05) is 6.54 Å². The molecule has 6 heteroatoms. The average Bonchev–Trinajstić information content (AvgIpc) is 2.68. The van der Waals surface area contributed by atoms with Crippen LogP contribution in [0.1, 0.15) is 13.3 Å². The Morgan fingerprint density at radius 1 is 1.32 bits per heavy atom. The van der Waals surface area contributed by atoms with Crippen LogP contribution in [0, 0.1) is 0 Å². The summed E-state index contributed by atoms with van der Waals surface area (Å²) in [6.07, 6.45) is 0.278. The fraction of sp³-hybridized carbons (Fsp3) is 0.500. The molecule has 1 fully saturated rings. The van der Waals surface area contributed by atoms with E-state index in [4.69, 9.17) is 9.47 Å². The number of para-hydroxylation sites is 2. The Morgan fingerprint density at radius 2 is 2.14 bits per heavy atom. The van der Waals surface area contributed by atoms with E-state index in [-0.39, 0.29) is 30.8 Å². The first-order valence-electron chi connectivity index (χ1n) is 7.56. The molecule has 2 aliphatic heterocycles. The average molecular weight is 304 g/mol. The Bertz CT molecular complexity index is 575. The largest absolute Gasteiger partial charge is 0.491 e. The smallest absolute Gasteiger partial charge is 0.243 e. The zero-order valence-corrected chi connectivity index (χ0v) is 12.7. The molecule has 0 N–H and O–H groups in total. The standard InChI is InChI=1S/C16H20N2O4/c1-12-11-21-9-7-17(12)16(20)10-18-13-4-2-3-5-14(13)22-8-6-15(18)19/h2-5,12H,6-11H2,1H3/t12-/m0/s1. The van der Waals surface area contributed by atoms with Crippen molar-refractivity contribution in [3.63, 3.8) is 0 Å². The third kappa shape index (κ3) is 2.92. The van der Waals surface area contributed by atoms with Crippen LogP contribution in [0.25, 0.3) is 0 Å². The van der Waals surface area contributed by atoms with Gasteiger partial charge in [0.2, 0.25) is 11.8 Å². The summed E-state index contributed by atoms with van der Waals surface area (Å²) in [4.78, 5) is 28.2. The van der Waals surface area contributed by atoms with Gasteiger partial charge in [-0.1, -0.05) is 12.1 Å². The van der Waals surface area contributed by atoms with Crippen molar-refractivity contribution in [3.05, 3.63) is 24.3 Å². The van der Waals surface area contributed by atoms with E-state index in [9.17, 15) is 9.59 Å². The lowest BCUT2D eigenvalue weighted by atomic mass is 10.2. The predicted molar refractivity (Wildman–Crippen MR) is 80.9 cm³/mol. The number of rotatable bonds is 2. The van der Waals surface area contributed by atoms with Crippen LogP contribution in [0.4, 0.5) is 5.69 Å². The summed E-state index contributed by atoms with van der Waals surface area (Å²) in [5.74, 6) is 0.510. The topological polar surface area (TPSA) is 59.1 Å². The highest BCUT2D eigenvalue weighted by Gasteiger charge is 2.29. The Labute approximate surface area is 129 Å². The van der Waals surface area contributed by atoms with Crippen LogP contribution < -0.4 is 9.64 Å². The number of morpholine rings is 1.